The van der Waals surface area contributed by atoms with Gasteiger partial charge in [-0.2, -0.15) is 0 Å². The van der Waals surface area contributed by atoms with Gasteiger partial charge in [0.2, 0.25) is 0 Å². The van der Waals surface area contributed by atoms with Crippen molar-refractivity contribution in [3.05, 3.63) is 172 Å². The van der Waals surface area contributed by atoms with Crippen molar-refractivity contribution in [1.29, 1.82) is 0 Å². The first kappa shape index (κ1) is 27.7. The molecule has 0 N–H and O–H groups in total. The second kappa shape index (κ2) is 11.7. The van der Waals surface area contributed by atoms with Gasteiger partial charge in [0.1, 0.15) is 0 Å². The molecule has 2 aliphatic rings. The van der Waals surface area contributed by atoms with Crippen LogP contribution >= 0.6 is 0 Å². The van der Waals surface area contributed by atoms with Crippen molar-refractivity contribution >= 4 is 9.28 Å². The molecule has 39 heavy (non-hydrogen) atoms. The number of hydrogen-bond donors (Lipinski definition) is 0. The first-order chi connectivity index (χ1) is 18.3. The van der Waals surface area contributed by atoms with Crippen LogP contribution in [0.5, 0.6) is 0 Å². The summed E-state index contributed by atoms with van der Waals surface area (Å²) in [6.45, 7) is 2.38. The summed E-state index contributed by atoms with van der Waals surface area (Å²) < 4.78 is 2.55. The molecule has 0 aliphatic heterocycles. The van der Waals surface area contributed by atoms with E-state index in [0.717, 1.165) is 0 Å². The summed E-state index contributed by atoms with van der Waals surface area (Å²) in [5.41, 5.74) is 13.2. The van der Waals surface area contributed by atoms with Crippen LogP contribution in [0.15, 0.2) is 139 Å². The zero-order valence-corrected chi connectivity index (χ0v) is 25.7. The Morgan fingerprint density at radius 2 is 0.923 bits per heavy atom. The van der Waals surface area contributed by atoms with Gasteiger partial charge in [0.05, 0.1) is 0 Å². The molecule has 3 heteroatoms. The fourth-order valence-electron chi connectivity index (χ4n) is 6.55. The van der Waals surface area contributed by atoms with E-state index in [1.54, 1.807) is 3.21 Å². The van der Waals surface area contributed by atoms with Crippen molar-refractivity contribution in [2.45, 2.75) is 14.2 Å². The van der Waals surface area contributed by atoms with Crippen molar-refractivity contribution < 1.29 is 46.1 Å². The Hall–Kier alpha value is -2.83. The maximum Gasteiger partial charge on any atom is -1.00 e. The van der Waals surface area contributed by atoms with E-state index in [4.69, 9.17) is 0 Å². The molecule has 0 saturated heterocycles. The molecular formula is C36H28Cl2Zr. The zero-order chi connectivity index (χ0) is 24.8. The van der Waals surface area contributed by atoms with Gasteiger partial charge in [0.25, 0.3) is 0 Å². The fraction of sp³-hybridized carbons (Fsp3) is 0.0833. The van der Waals surface area contributed by atoms with Crippen molar-refractivity contribution in [2.24, 2.45) is 0 Å². The molecule has 0 spiro atoms. The molecule has 0 bridgehead atoms. The van der Waals surface area contributed by atoms with E-state index in [1.807, 2.05) is 0 Å². The summed E-state index contributed by atoms with van der Waals surface area (Å²) in [5, 5.41) is 0. The molecular weight excluding hydrogens is 595 g/mol. The van der Waals surface area contributed by atoms with E-state index >= 15 is 0 Å². The minimum absolute atomic E-state index is 0. The third-order valence-electron chi connectivity index (χ3n) is 8.01. The third kappa shape index (κ3) is 4.76. The Balaban J connectivity index is 0.00000154. The molecule has 0 aromatic heterocycles. The summed E-state index contributed by atoms with van der Waals surface area (Å²) in [5.74, 6) is 0. The summed E-state index contributed by atoms with van der Waals surface area (Å²) in [4.78, 5) is 0. The van der Waals surface area contributed by atoms with Crippen LogP contribution < -0.4 is 24.8 Å². The van der Waals surface area contributed by atoms with Crippen LogP contribution in [-0.2, 0) is 21.3 Å². The minimum atomic E-state index is -2.68. The Labute approximate surface area is 251 Å². The molecule has 7 rings (SSSR count). The van der Waals surface area contributed by atoms with Gasteiger partial charge < -0.3 is 24.8 Å². The number of rotatable bonds is 4. The molecule has 2 aliphatic carbocycles. The molecule has 5 aromatic carbocycles. The minimum Gasteiger partial charge on any atom is -1.00 e. The molecule has 0 fully saturated rings. The fourth-order valence-corrected chi connectivity index (χ4v) is 17.0. The van der Waals surface area contributed by atoms with Crippen LogP contribution in [0.4, 0.5) is 0 Å². The number of benzene rings is 5. The predicted octanol–water partition coefficient (Wildman–Crippen LogP) is 2.81. The van der Waals surface area contributed by atoms with E-state index in [2.05, 4.69) is 146 Å². The topological polar surface area (TPSA) is 0 Å². The van der Waals surface area contributed by atoms with Gasteiger partial charge in [-0.25, -0.2) is 0 Å². The van der Waals surface area contributed by atoms with Gasteiger partial charge in [-0.3, -0.25) is 0 Å². The van der Waals surface area contributed by atoms with E-state index in [-0.39, 0.29) is 24.8 Å². The van der Waals surface area contributed by atoms with Crippen molar-refractivity contribution in [3.8, 4) is 11.1 Å². The first-order valence-corrected chi connectivity index (χ1v) is 17.2. The Morgan fingerprint density at radius 3 is 1.46 bits per heavy atom. The van der Waals surface area contributed by atoms with Gasteiger partial charge in [-0.1, -0.05) is 0 Å². The van der Waals surface area contributed by atoms with Crippen molar-refractivity contribution in [3.63, 3.8) is 0 Å². The largest absolute Gasteiger partial charge is 1.00 e. The van der Waals surface area contributed by atoms with E-state index in [9.17, 15) is 0 Å². The Morgan fingerprint density at radius 1 is 0.487 bits per heavy atom. The summed E-state index contributed by atoms with van der Waals surface area (Å²) in [7, 11) is 0. The van der Waals surface area contributed by atoms with Crippen LogP contribution in [-0.4, -0.2) is 3.21 Å². The molecule has 0 saturated carbocycles. The average Bonchev–Trinajstić information content (AvgIpc) is 3.47. The maximum absolute atomic E-state index is 2.68. The van der Waals surface area contributed by atoms with Crippen molar-refractivity contribution in [1.82, 2.24) is 0 Å². The SMILES string of the molecule is CC1=Cc2ccccc2[CH]1[Zr+2](=[C](c1ccccc1)c1ccccc1)[CH]1c2ccccc2-c2ccccc21.[Cl-].[Cl-]. The molecule has 0 amide bonds. The van der Waals surface area contributed by atoms with Crippen LogP contribution in [0.25, 0.3) is 17.2 Å². The third-order valence-corrected chi connectivity index (χ3v) is 17.3. The average molecular weight is 623 g/mol. The van der Waals surface area contributed by atoms with Crippen LogP contribution in [0.2, 0.25) is 0 Å². The molecule has 5 aromatic rings. The molecule has 190 valence electrons. The Kier molecular flexibility index (Phi) is 8.34. The standard InChI is InChI=1S/C13H9.C13H10.C10H9.2ClH.Zr/c1-3-7-12-10(5-1)9-11-6-2-4-8-13(11)12;1-3-7-12(8-4-1)11-13-9-5-2-6-10-13;1-8-6-9-4-2-3-5-10(9)7-8;;;/h1-9H;1-10H;2-7H,1H3;2*1H;/q;;;;;+2/p-2. The predicted molar refractivity (Wildman–Crippen MR) is 153 cm³/mol. The van der Waals surface area contributed by atoms with E-state index in [1.165, 1.54) is 50.1 Å². The van der Waals surface area contributed by atoms with Crippen LogP contribution in [0.1, 0.15) is 47.6 Å². The number of allylic oxidation sites excluding steroid dienone is 1. The molecule has 1 unspecified atom stereocenters. The Bertz CT molecular complexity index is 1600. The molecule has 0 heterocycles. The summed E-state index contributed by atoms with van der Waals surface area (Å²) >= 11 is -2.68. The van der Waals surface area contributed by atoms with Crippen LogP contribution in [0, 0.1) is 0 Å². The normalized spacial score (nSPS) is 14.5. The van der Waals surface area contributed by atoms with Crippen molar-refractivity contribution in [2.75, 3.05) is 0 Å². The quantitative estimate of drug-likeness (QED) is 0.290. The monoisotopic (exact) mass is 620 g/mol. The second-order valence-corrected chi connectivity index (χ2v) is 16.4. The number of hydrogen-bond acceptors (Lipinski definition) is 0. The second-order valence-electron chi connectivity index (χ2n) is 10.1. The molecule has 0 nitrogen and oxygen atoms in total. The zero-order valence-electron chi connectivity index (χ0n) is 21.7. The van der Waals surface area contributed by atoms with Gasteiger partial charge in [-0.15, -0.1) is 0 Å². The van der Waals surface area contributed by atoms with E-state index in [0.29, 0.717) is 7.25 Å². The van der Waals surface area contributed by atoms with Gasteiger partial charge in [0.15, 0.2) is 0 Å². The van der Waals surface area contributed by atoms with Gasteiger partial charge >= 0.3 is 228 Å². The van der Waals surface area contributed by atoms with E-state index < -0.39 is 21.3 Å². The van der Waals surface area contributed by atoms with Gasteiger partial charge in [0, 0.05) is 0 Å². The smallest absolute Gasteiger partial charge is 1.00 e. The van der Waals surface area contributed by atoms with Gasteiger partial charge in [-0.05, 0) is 0 Å². The van der Waals surface area contributed by atoms with Crippen LogP contribution in [0.3, 0.4) is 0 Å². The maximum atomic E-state index is 2.46. The summed E-state index contributed by atoms with van der Waals surface area (Å²) in [6.07, 6.45) is 2.46. The summed E-state index contributed by atoms with van der Waals surface area (Å²) in [6, 6.07) is 50.0. The number of fused-ring (bicyclic) bond motifs is 4. The molecule has 1 atom stereocenters. The first-order valence-electron chi connectivity index (χ1n) is 13.1. The molecule has 0 radical (unpaired) electrons. The number of halogens is 2.